The zero-order chi connectivity index (χ0) is 18.0. The lowest BCUT2D eigenvalue weighted by molar-refractivity contribution is -0.136. The average Bonchev–Trinajstić information content (AvgIpc) is 3.10. The minimum Gasteiger partial charge on any atom is -0.466 e. The molecule has 7 nitrogen and oxygen atoms in total. The Labute approximate surface area is 149 Å². The Hall–Kier alpha value is -2.67. The van der Waals surface area contributed by atoms with Crippen molar-refractivity contribution in [3.05, 3.63) is 58.8 Å². The van der Waals surface area contributed by atoms with Gasteiger partial charge < -0.3 is 14.6 Å². The van der Waals surface area contributed by atoms with Crippen molar-refractivity contribution in [2.75, 3.05) is 7.11 Å². The van der Waals surface area contributed by atoms with E-state index in [1.54, 1.807) is 12.4 Å². The van der Waals surface area contributed by atoms with E-state index in [-0.39, 0.29) is 5.88 Å². The third kappa shape index (κ3) is 3.15. The summed E-state index contributed by atoms with van der Waals surface area (Å²) in [5.74, 6) is -0.0392. The van der Waals surface area contributed by atoms with Gasteiger partial charge in [-0.3, -0.25) is 4.98 Å². The summed E-state index contributed by atoms with van der Waals surface area (Å²) < 4.78 is 10.4. The number of ether oxygens (including phenoxy) is 1. The number of hydrogen-bond donors (Lipinski definition) is 1. The summed E-state index contributed by atoms with van der Waals surface area (Å²) in [4.78, 5) is 20.9. The van der Waals surface area contributed by atoms with Crippen LogP contribution in [-0.2, 0) is 15.4 Å². The third-order valence-corrected chi connectivity index (χ3v) is 4.24. The normalized spacial score (nSPS) is 17.5. The molecule has 0 spiro atoms. The van der Waals surface area contributed by atoms with Crippen LogP contribution in [0.4, 0.5) is 0 Å². The molecule has 0 amide bonds. The van der Waals surface area contributed by atoms with Gasteiger partial charge in [0.05, 0.1) is 24.5 Å². The first-order chi connectivity index (χ1) is 12.1. The number of aromatic nitrogens is 3. The number of dihydropyridines is 1. The Morgan fingerprint density at radius 3 is 2.80 bits per heavy atom. The molecule has 1 aliphatic heterocycles. The summed E-state index contributed by atoms with van der Waals surface area (Å²) in [5.41, 5.74) is 3.51. The van der Waals surface area contributed by atoms with Crippen molar-refractivity contribution < 1.29 is 14.1 Å². The zero-order valence-corrected chi connectivity index (χ0v) is 14.8. The van der Waals surface area contributed by atoms with E-state index in [0.717, 1.165) is 11.3 Å². The van der Waals surface area contributed by atoms with Gasteiger partial charge in [0, 0.05) is 29.4 Å². The van der Waals surface area contributed by atoms with Crippen molar-refractivity contribution >= 4 is 23.1 Å². The quantitative estimate of drug-likeness (QED) is 0.662. The van der Waals surface area contributed by atoms with Gasteiger partial charge in [-0.05, 0) is 25.5 Å². The number of esters is 1. The fraction of sp³-hybridized carbons (Fsp3) is 0.294. The standard InChI is InChI=1S/C17H17ClN4O3/c1-9-13(16-21-12(7-18)22-25-16)15(11-5-4-6-19-8-11)14(10(2)20-9)17(23)24-3/h4-6,8,15,20H,7H2,1-3H3. The number of hydrogen-bond acceptors (Lipinski definition) is 7. The summed E-state index contributed by atoms with van der Waals surface area (Å²) in [7, 11) is 1.35. The number of carbonyl (C=O) groups excluding carboxylic acids is 1. The second-order valence-corrected chi connectivity index (χ2v) is 5.83. The Morgan fingerprint density at radius 2 is 2.20 bits per heavy atom. The van der Waals surface area contributed by atoms with Gasteiger partial charge >= 0.3 is 5.97 Å². The molecular formula is C17H17ClN4O3. The largest absolute Gasteiger partial charge is 0.466 e. The maximum absolute atomic E-state index is 12.5. The van der Waals surface area contributed by atoms with Crippen LogP contribution in [0.15, 0.2) is 46.0 Å². The molecular weight excluding hydrogens is 344 g/mol. The van der Waals surface area contributed by atoms with Crippen LogP contribution in [0.5, 0.6) is 0 Å². The fourth-order valence-electron chi connectivity index (χ4n) is 2.96. The van der Waals surface area contributed by atoms with Gasteiger partial charge in [0.2, 0.25) is 0 Å². The first-order valence-corrected chi connectivity index (χ1v) is 8.16. The summed E-state index contributed by atoms with van der Waals surface area (Å²) >= 11 is 5.78. The predicted molar refractivity (Wildman–Crippen MR) is 91.3 cm³/mol. The van der Waals surface area contributed by atoms with E-state index in [4.69, 9.17) is 20.9 Å². The number of halogens is 1. The van der Waals surface area contributed by atoms with E-state index in [0.29, 0.717) is 28.6 Å². The van der Waals surface area contributed by atoms with Crippen LogP contribution in [0, 0.1) is 0 Å². The Balaban J connectivity index is 2.20. The highest BCUT2D eigenvalue weighted by Crippen LogP contribution is 2.42. The van der Waals surface area contributed by atoms with Gasteiger partial charge in [0.1, 0.15) is 0 Å². The first kappa shape index (κ1) is 17.2. The molecule has 0 saturated carbocycles. The van der Waals surface area contributed by atoms with Gasteiger partial charge in [0.25, 0.3) is 5.89 Å². The fourth-order valence-corrected chi connectivity index (χ4v) is 3.06. The van der Waals surface area contributed by atoms with Crippen LogP contribution < -0.4 is 5.32 Å². The van der Waals surface area contributed by atoms with Gasteiger partial charge in [-0.1, -0.05) is 11.2 Å². The second-order valence-electron chi connectivity index (χ2n) is 5.56. The van der Waals surface area contributed by atoms with Crippen molar-refractivity contribution in [3.63, 3.8) is 0 Å². The minimum absolute atomic E-state index is 0.138. The van der Waals surface area contributed by atoms with Crippen molar-refractivity contribution in [3.8, 4) is 0 Å². The Bertz CT molecular complexity index is 858. The average molecular weight is 361 g/mol. The summed E-state index contributed by atoms with van der Waals surface area (Å²) in [6.07, 6.45) is 3.38. The highest BCUT2D eigenvalue weighted by molar-refractivity contribution is 6.16. The number of methoxy groups -OCH3 is 1. The Morgan fingerprint density at radius 1 is 1.40 bits per heavy atom. The first-order valence-electron chi connectivity index (χ1n) is 7.62. The highest BCUT2D eigenvalue weighted by Gasteiger charge is 2.37. The number of nitrogens with one attached hydrogen (secondary N) is 1. The number of nitrogens with zero attached hydrogens (tertiary/aromatic N) is 3. The molecule has 130 valence electrons. The summed E-state index contributed by atoms with van der Waals surface area (Å²) in [6, 6.07) is 3.71. The smallest absolute Gasteiger partial charge is 0.336 e. The molecule has 0 saturated heterocycles. The van der Waals surface area contributed by atoms with Crippen molar-refractivity contribution in [1.29, 1.82) is 0 Å². The summed E-state index contributed by atoms with van der Waals surface area (Å²) in [6.45, 7) is 3.72. The maximum atomic E-state index is 12.5. The molecule has 0 fully saturated rings. The van der Waals surface area contributed by atoms with Crippen LogP contribution in [-0.4, -0.2) is 28.2 Å². The molecule has 2 aromatic rings. The lowest BCUT2D eigenvalue weighted by Gasteiger charge is -2.29. The third-order valence-electron chi connectivity index (χ3n) is 4.00. The van der Waals surface area contributed by atoms with Crippen LogP contribution in [0.25, 0.3) is 5.57 Å². The molecule has 1 unspecified atom stereocenters. The van der Waals surface area contributed by atoms with Crippen LogP contribution in [0.2, 0.25) is 0 Å². The number of allylic oxidation sites excluding steroid dienone is 3. The van der Waals surface area contributed by atoms with E-state index < -0.39 is 11.9 Å². The number of rotatable bonds is 4. The van der Waals surface area contributed by atoms with E-state index in [9.17, 15) is 4.79 Å². The summed E-state index contributed by atoms with van der Waals surface area (Å²) in [5, 5.41) is 7.05. The molecule has 0 radical (unpaired) electrons. The molecule has 1 N–H and O–H groups in total. The monoisotopic (exact) mass is 360 g/mol. The number of alkyl halides is 1. The highest BCUT2D eigenvalue weighted by atomic mass is 35.5. The van der Waals surface area contributed by atoms with E-state index in [1.807, 2.05) is 26.0 Å². The van der Waals surface area contributed by atoms with Crippen molar-refractivity contribution in [2.24, 2.45) is 0 Å². The zero-order valence-electron chi connectivity index (χ0n) is 14.0. The van der Waals surface area contributed by atoms with Crippen molar-refractivity contribution in [2.45, 2.75) is 25.6 Å². The SMILES string of the molecule is COC(=O)C1=C(C)NC(C)=C(c2nc(CCl)no2)C1c1cccnc1. The molecule has 0 aromatic carbocycles. The molecule has 25 heavy (non-hydrogen) atoms. The molecule has 3 rings (SSSR count). The number of pyridine rings is 1. The van der Waals surface area contributed by atoms with Gasteiger partial charge in [-0.2, -0.15) is 4.98 Å². The maximum Gasteiger partial charge on any atom is 0.336 e. The minimum atomic E-state index is -0.439. The molecule has 2 aromatic heterocycles. The lowest BCUT2D eigenvalue weighted by atomic mass is 9.81. The van der Waals surface area contributed by atoms with Gasteiger partial charge in [-0.15, -0.1) is 11.6 Å². The number of carbonyl (C=O) groups is 1. The van der Waals surface area contributed by atoms with E-state index in [1.165, 1.54) is 7.11 Å². The van der Waals surface area contributed by atoms with Crippen LogP contribution in [0.1, 0.15) is 37.0 Å². The molecule has 3 heterocycles. The van der Waals surface area contributed by atoms with Crippen LogP contribution >= 0.6 is 11.6 Å². The van der Waals surface area contributed by atoms with Gasteiger partial charge in [-0.25, -0.2) is 4.79 Å². The van der Waals surface area contributed by atoms with Gasteiger partial charge in [0.15, 0.2) is 5.82 Å². The van der Waals surface area contributed by atoms with Crippen LogP contribution in [0.3, 0.4) is 0 Å². The molecule has 0 bridgehead atoms. The molecule has 0 aliphatic carbocycles. The second kappa shape index (κ2) is 7.06. The molecule has 1 atom stereocenters. The van der Waals surface area contributed by atoms with E-state index in [2.05, 4.69) is 20.4 Å². The molecule has 1 aliphatic rings. The van der Waals surface area contributed by atoms with E-state index >= 15 is 0 Å². The topological polar surface area (TPSA) is 90.1 Å². The Kier molecular flexibility index (Phi) is 4.85. The van der Waals surface area contributed by atoms with Crippen molar-refractivity contribution in [1.82, 2.24) is 20.4 Å². The predicted octanol–water partition coefficient (Wildman–Crippen LogP) is 2.77. The lowest BCUT2D eigenvalue weighted by Crippen LogP contribution is -2.28. The molecule has 8 heteroatoms.